The van der Waals surface area contributed by atoms with E-state index in [1.54, 1.807) is 0 Å². The molecule has 0 amide bonds. The van der Waals surface area contributed by atoms with Gasteiger partial charge in [0.25, 0.3) is 0 Å². The summed E-state index contributed by atoms with van der Waals surface area (Å²) in [5.74, 6) is -10.8. The molecule has 0 aromatic carbocycles. The molecule has 0 aromatic rings. The minimum atomic E-state index is -2.84. The summed E-state index contributed by atoms with van der Waals surface area (Å²) in [5, 5.41) is 38.2. The quantitative estimate of drug-likeness (QED) is 0.527. The maximum absolute atomic E-state index is 11.9. The summed E-state index contributed by atoms with van der Waals surface area (Å²) >= 11 is 0. The van der Waals surface area contributed by atoms with Gasteiger partial charge in [0.05, 0.1) is 11.8 Å². The number of carboxylic acid groups (broad SMARTS) is 4. The Hall–Kier alpha value is -2.12. The van der Waals surface area contributed by atoms with Gasteiger partial charge in [0, 0.05) is 0 Å². The lowest BCUT2D eigenvalue weighted by molar-refractivity contribution is -0.194. The van der Waals surface area contributed by atoms with Crippen LogP contribution >= 0.6 is 0 Å². The average molecular weight is 356 g/mol. The molecule has 0 aliphatic heterocycles. The van der Waals surface area contributed by atoms with Crippen LogP contribution in [-0.2, 0) is 19.2 Å². The second kappa shape index (κ2) is 7.41. The van der Waals surface area contributed by atoms with Crippen LogP contribution in [0.15, 0.2) is 0 Å². The highest BCUT2D eigenvalue weighted by Crippen LogP contribution is 2.51. The molecule has 2 saturated carbocycles. The molecule has 2 fully saturated rings. The van der Waals surface area contributed by atoms with E-state index in [9.17, 15) is 39.6 Å². The Kier molecular flexibility index (Phi) is 5.69. The molecular formula is C17H24O8. The van der Waals surface area contributed by atoms with Crippen LogP contribution in [0, 0.1) is 29.1 Å². The monoisotopic (exact) mass is 356 g/mol. The Balaban J connectivity index is 2.44. The lowest BCUT2D eigenvalue weighted by atomic mass is 9.54. The normalized spacial score (nSPS) is 29.7. The largest absolute Gasteiger partial charge is 0.481 e. The molecule has 0 radical (unpaired) electrons. The van der Waals surface area contributed by atoms with Gasteiger partial charge in [-0.25, -0.2) is 0 Å². The van der Waals surface area contributed by atoms with E-state index in [2.05, 4.69) is 0 Å². The second-order valence-electron chi connectivity index (χ2n) is 7.26. The van der Waals surface area contributed by atoms with E-state index in [4.69, 9.17) is 0 Å². The van der Waals surface area contributed by atoms with Crippen molar-refractivity contribution < 1.29 is 39.6 Å². The minimum absolute atomic E-state index is 0.144. The van der Waals surface area contributed by atoms with Crippen LogP contribution in [0.4, 0.5) is 0 Å². The predicted octanol–water partition coefficient (Wildman–Crippen LogP) is 1.92. The maximum Gasteiger partial charge on any atom is 0.322 e. The van der Waals surface area contributed by atoms with Gasteiger partial charge in [0.1, 0.15) is 0 Å². The van der Waals surface area contributed by atoms with Gasteiger partial charge in [0.15, 0.2) is 5.41 Å². The van der Waals surface area contributed by atoms with Crippen molar-refractivity contribution in [3.8, 4) is 0 Å². The Morgan fingerprint density at radius 1 is 0.760 bits per heavy atom. The molecule has 2 rings (SSSR count). The van der Waals surface area contributed by atoms with Gasteiger partial charge in [-0.05, 0) is 31.1 Å². The Morgan fingerprint density at radius 2 is 1.32 bits per heavy atom. The third-order valence-corrected chi connectivity index (χ3v) is 5.97. The topological polar surface area (TPSA) is 149 Å². The summed E-state index contributed by atoms with van der Waals surface area (Å²) in [5.41, 5.74) is -2.84. The summed E-state index contributed by atoms with van der Waals surface area (Å²) in [7, 11) is 0. The molecule has 25 heavy (non-hydrogen) atoms. The third kappa shape index (κ3) is 3.34. The van der Waals surface area contributed by atoms with E-state index in [1.807, 2.05) is 0 Å². The fraction of sp³-hybridized carbons (Fsp3) is 0.765. The highest BCUT2D eigenvalue weighted by Gasteiger charge is 2.67. The van der Waals surface area contributed by atoms with Gasteiger partial charge in [-0.1, -0.05) is 32.1 Å². The van der Waals surface area contributed by atoms with E-state index >= 15 is 0 Å². The molecule has 2 aliphatic carbocycles. The lowest BCUT2D eigenvalue weighted by Crippen LogP contribution is -2.60. The van der Waals surface area contributed by atoms with Gasteiger partial charge >= 0.3 is 23.9 Å². The van der Waals surface area contributed by atoms with E-state index in [0.717, 1.165) is 32.1 Å². The average Bonchev–Trinajstić information content (AvgIpc) is 2.54. The summed E-state index contributed by atoms with van der Waals surface area (Å²) in [6, 6.07) is 0. The first-order valence-electron chi connectivity index (χ1n) is 8.65. The van der Waals surface area contributed by atoms with Crippen molar-refractivity contribution >= 4 is 23.9 Å². The predicted molar refractivity (Wildman–Crippen MR) is 83.9 cm³/mol. The summed E-state index contributed by atoms with van der Waals surface area (Å²) in [4.78, 5) is 47.2. The SMILES string of the molecule is O=C(O)C1CCC(CC2CCCCC2)C(C(=O)O)C1(C(=O)O)C(=O)O. The molecule has 0 heterocycles. The van der Waals surface area contributed by atoms with Crippen LogP contribution in [0.1, 0.15) is 51.4 Å². The number of carboxylic acids is 4. The molecule has 3 atom stereocenters. The van der Waals surface area contributed by atoms with Crippen LogP contribution in [0.5, 0.6) is 0 Å². The van der Waals surface area contributed by atoms with Crippen molar-refractivity contribution in [3.63, 3.8) is 0 Å². The first-order valence-corrected chi connectivity index (χ1v) is 8.65. The van der Waals surface area contributed by atoms with Crippen molar-refractivity contribution in [1.29, 1.82) is 0 Å². The highest BCUT2D eigenvalue weighted by atomic mass is 16.4. The first kappa shape index (κ1) is 19.2. The molecular weight excluding hydrogens is 332 g/mol. The van der Waals surface area contributed by atoms with E-state index in [0.29, 0.717) is 6.42 Å². The Labute approximate surface area is 144 Å². The summed E-state index contributed by atoms with van der Waals surface area (Å²) < 4.78 is 0. The molecule has 0 spiro atoms. The van der Waals surface area contributed by atoms with Crippen LogP contribution in [-0.4, -0.2) is 44.3 Å². The standard InChI is InChI=1S/C17H24O8/c18-13(19)11-7-6-10(8-9-4-2-1-3-5-9)12(14(20)21)17(11,15(22)23)16(24)25/h9-12H,1-8H2,(H,18,19)(H,20,21)(H,22,23)(H,24,25). The molecule has 8 nitrogen and oxygen atoms in total. The van der Waals surface area contributed by atoms with Gasteiger partial charge in [-0.15, -0.1) is 0 Å². The maximum atomic E-state index is 11.9. The fourth-order valence-corrected chi connectivity index (χ4v) is 4.84. The minimum Gasteiger partial charge on any atom is -0.481 e. The van der Waals surface area contributed by atoms with Gasteiger partial charge in [0.2, 0.25) is 0 Å². The number of rotatable bonds is 6. The zero-order valence-corrected chi connectivity index (χ0v) is 13.9. The molecule has 140 valence electrons. The van der Waals surface area contributed by atoms with E-state index in [1.165, 1.54) is 0 Å². The zero-order chi connectivity index (χ0) is 18.8. The van der Waals surface area contributed by atoms with E-state index < -0.39 is 47.0 Å². The number of aliphatic carboxylic acids is 4. The van der Waals surface area contributed by atoms with Crippen LogP contribution in [0.3, 0.4) is 0 Å². The lowest BCUT2D eigenvalue weighted by Gasteiger charge is -2.44. The van der Waals surface area contributed by atoms with Crippen molar-refractivity contribution in [2.45, 2.75) is 51.4 Å². The molecule has 8 heteroatoms. The van der Waals surface area contributed by atoms with Crippen molar-refractivity contribution in [1.82, 2.24) is 0 Å². The number of hydrogen-bond donors (Lipinski definition) is 4. The van der Waals surface area contributed by atoms with Crippen molar-refractivity contribution in [3.05, 3.63) is 0 Å². The Morgan fingerprint density at radius 3 is 1.76 bits per heavy atom. The summed E-state index contributed by atoms with van der Waals surface area (Å²) in [6.45, 7) is 0. The third-order valence-electron chi connectivity index (χ3n) is 5.97. The molecule has 0 bridgehead atoms. The van der Waals surface area contributed by atoms with Crippen LogP contribution in [0.2, 0.25) is 0 Å². The molecule has 3 unspecified atom stereocenters. The van der Waals surface area contributed by atoms with Gasteiger partial charge < -0.3 is 20.4 Å². The smallest absolute Gasteiger partial charge is 0.322 e. The van der Waals surface area contributed by atoms with Gasteiger partial charge in [-0.2, -0.15) is 0 Å². The zero-order valence-electron chi connectivity index (χ0n) is 13.9. The molecule has 0 saturated heterocycles. The second-order valence-corrected chi connectivity index (χ2v) is 7.26. The molecule has 2 aliphatic rings. The van der Waals surface area contributed by atoms with Crippen molar-refractivity contribution in [2.24, 2.45) is 29.1 Å². The summed E-state index contributed by atoms with van der Waals surface area (Å²) in [6.07, 6.45) is 5.49. The molecule has 0 aromatic heterocycles. The van der Waals surface area contributed by atoms with Crippen molar-refractivity contribution in [2.75, 3.05) is 0 Å². The van der Waals surface area contributed by atoms with E-state index in [-0.39, 0.29) is 18.8 Å². The van der Waals surface area contributed by atoms with Crippen LogP contribution < -0.4 is 0 Å². The highest BCUT2D eigenvalue weighted by molar-refractivity contribution is 6.06. The van der Waals surface area contributed by atoms with Crippen LogP contribution in [0.25, 0.3) is 0 Å². The first-order chi connectivity index (χ1) is 11.7. The Bertz CT molecular complexity index is 549. The number of carbonyl (C=O) groups is 4. The molecule has 4 N–H and O–H groups in total. The van der Waals surface area contributed by atoms with Gasteiger partial charge in [-0.3, -0.25) is 19.2 Å². The number of hydrogen-bond acceptors (Lipinski definition) is 4. The fourth-order valence-electron chi connectivity index (χ4n) is 4.84.